The monoisotopic (exact) mass is 359 g/mol. The van der Waals surface area contributed by atoms with E-state index in [2.05, 4.69) is 5.32 Å². The summed E-state index contributed by atoms with van der Waals surface area (Å²) < 4.78 is 16.0. The molecular weight excluding hydrogens is 338 g/mol. The third-order valence-electron chi connectivity index (χ3n) is 5.56. The molecule has 1 amide bonds. The molecule has 7 heteroatoms. The van der Waals surface area contributed by atoms with Crippen molar-refractivity contribution in [3.63, 3.8) is 0 Å². The SMILES string of the molecule is CCOc1ccccc1NC(=O)COC(=O)[C@H]1[C@@H]2C[C@H]3[C@@H]1C(=O)O[C@@H]3C2. The molecule has 5 atom stereocenters. The molecule has 2 bridgehead atoms. The maximum atomic E-state index is 12.5. The zero-order valence-electron chi connectivity index (χ0n) is 14.5. The lowest BCUT2D eigenvalue weighted by Crippen LogP contribution is -2.35. The molecule has 2 aliphatic carbocycles. The maximum absolute atomic E-state index is 12.5. The highest BCUT2D eigenvalue weighted by Crippen LogP contribution is 2.57. The number of carbonyl (C=O) groups is 3. The number of nitrogens with one attached hydrogen (secondary N) is 1. The highest BCUT2D eigenvalue weighted by atomic mass is 16.6. The van der Waals surface area contributed by atoms with Crippen molar-refractivity contribution in [3.05, 3.63) is 24.3 Å². The molecule has 7 nitrogen and oxygen atoms in total. The number of carbonyl (C=O) groups excluding carboxylic acids is 3. The second-order valence-corrected chi connectivity index (χ2v) is 7.01. The Morgan fingerprint density at radius 1 is 1.27 bits per heavy atom. The average Bonchev–Trinajstić information content (AvgIpc) is 3.24. The minimum absolute atomic E-state index is 0.0279. The normalized spacial score (nSPS) is 30.8. The first-order valence-electron chi connectivity index (χ1n) is 8.97. The standard InChI is InChI=1S/C19H21NO6/c1-2-24-13-6-4-3-5-12(13)20-15(21)9-25-18(22)16-10-7-11-14(8-10)26-19(23)17(11)16/h3-6,10-11,14,16-17H,2,7-9H2,1H3,(H,20,21)/t10-,11-,14-,16+,17+/m1/s1. The second-order valence-electron chi connectivity index (χ2n) is 7.01. The number of fused-ring (bicyclic) bond motifs is 1. The van der Waals surface area contributed by atoms with Gasteiger partial charge in [-0.2, -0.15) is 0 Å². The molecule has 138 valence electrons. The van der Waals surface area contributed by atoms with Crippen LogP contribution in [0.1, 0.15) is 19.8 Å². The molecule has 0 aromatic heterocycles. The molecule has 3 fully saturated rings. The van der Waals surface area contributed by atoms with Gasteiger partial charge in [0.2, 0.25) is 0 Å². The number of para-hydroxylation sites is 2. The van der Waals surface area contributed by atoms with Crippen LogP contribution in [0.25, 0.3) is 0 Å². The van der Waals surface area contributed by atoms with Crippen LogP contribution in [0.4, 0.5) is 5.69 Å². The van der Waals surface area contributed by atoms with Crippen LogP contribution in [0.2, 0.25) is 0 Å². The van der Waals surface area contributed by atoms with E-state index in [1.807, 2.05) is 13.0 Å². The first-order valence-corrected chi connectivity index (χ1v) is 8.97. The molecule has 1 aromatic rings. The third-order valence-corrected chi connectivity index (χ3v) is 5.56. The number of esters is 2. The Hall–Kier alpha value is -2.57. The first-order chi connectivity index (χ1) is 12.6. The lowest BCUT2D eigenvalue weighted by molar-refractivity contribution is -0.157. The van der Waals surface area contributed by atoms with Crippen LogP contribution in [0.3, 0.4) is 0 Å². The largest absolute Gasteiger partial charge is 0.492 e. The van der Waals surface area contributed by atoms with Crippen molar-refractivity contribution in [1.82, 2.24) is 0 Å². The molecule has 26 heavy (non-hydrogen) atoms. The molecule has 0 spiro atoms. The van der Waals surface area contributed by atoms with Crippen LogP contribution in [0.15, 0.2) is 24.3 Å². The van der Waals surface area contributed by atoms with Crippen LogP contribution >= 0.6 is 0 Å². The van der Waals surface area contributed by atoms with Gasteiger partial charge >= 0.3 is 11.9 Å². The van der Waals surface area contributed by atoms with Gasteiger partial charge in [-0.3, -0.25) is 14.4 Å². The van der Waals surface area contributed by atoms with Crippen LogP contribution in [-0.2, 0) is 23.9 Å². The van der Waals surface area contributed by atoms with Gasteiger partial charge in [0.15, 0.2) is 6.61 Å². The Morgan fingerprint density at radius 3 is 2.88 bits per heavy atom. The first kappa shape index (κ1) is 16.9. The number of amides is 1. The van der Waals surface area contributed by atoms with Crippen molar-refractivity contribution in [2.75, 3.05) is 18.5 Å². The molecular formula is C19H21NO6. The maximum Gasteiger partial charge on any atom is 0.310 e. The minimum Gasteiger partial charge on any atom is -0.492 e. The molecule has 2 saturated carbocycles. The molecule has 1 heterocycles. The van der Waals surface area contributed by atoms with Crippen LogP contribution in [-0.4, -0.2) is 37.2 Å². The van der Waals surface area contributed by atoms with Gasteiger partial charge in [-0.25, -0.2) is 0 Å². The quantitative estimate of drug-likeness (QED) is 0.779. The summed E-state index contributed by atoms with van der Waals surface area (Å²) in [6.07, 6.45) is 1.52. The average molecular weight is 359 g/mol. The van der Waals surface area contributed by atoms with E-state index < -0.39 is 30.3 Å². The van der Waals surface area contributed by atoms with Gasteiger partial charge in [-0.15, -0.1) is 0 Å². The van der Waals surface area contributed by atoms with E-state index in [-0.39, 0.29) is 23.9 Å². The summed E-state index contributed by atoms with van der Waals surface area (Å²) in [5, 5.41) is 2.68. The molecule has 1 aromatic carbocycles. The zero-order chi connectivity index (χ0) is 18.3. The summed E-state index contributed by atoms with van der Waals surface area (Å²) in [6, 6.07) is 7.06. The predicted molar refractivity (Wildman–Crippen MR) is 90.3 cm³/mol. The predicted octanol–water partition coefficient (Wildman–Crippen LogP) is 1.76. The van der Waals surface area contributed by atoms with Gasteiger partial charge in [-0.05, 0) is 37.8 Å². The number of benzene rings is 1. The molecule has 3 aliphatic rings. The van der Waals surface area contributed by atoms with Crippen LogP contribution in [0.5, 0.6) is 5.75 Å². The van der Waals surface area contributed by atoms with E-state index in [0.29, 0.717) is 18.0 Å². The summed E-state index contributed by atoms with van der Waals surface area (Å²) in [6.45, 7) is 1.94. The van der Waals surface area contributed by atoms with Gasteiger partial charge in [0.05, 0.1) is 24.1 Å². The number of anilines is 1. The van der Waals surface area contributed by atoms with Crippen molar-refractivity contribution in [1.29, 1.82) is 0 Å². The van der Waals surface area contributed by atoms with Gasteiger partial charge in [0.1, 0.15) is 11.9 Å². The third kappa shape index (κ3) is 2.81. The molecule has 0 radical (unpaired) electrons. The Kier molecular flexibility index (Phi) is 4.30. The van der Waals surface area contributed by atoms with Crippen molar-refractivity contribution in [2.24, 2.45) is 23.7 Å². The van der Waals surface area contributed by atoms with E-state index >= 15 is 0 Å². The number of rotatable bonds is 6. The summed E-state index contributed by atoms with van der Waals surface area (Å²) in [7, 11) is 0. The molecule has 0 unspecified atom stereocenters. The van der Waals surface area contributed by atoms with Gasteiger partial charge < -0.3 is 19.5 Å². The fourth-order valence-corrected chi connectivity index (χ4v) is 4.60. The number of ether oxygens (including phenoxy) is 3. The fraction of sp³-hybridized carbons (Fsp3) is 0.526. The summed E-state index contributed by atoms with van der Waals surface area (Å²) in [5.41, 5.74) is 0.525. The Labute approximate surface area is 151 Å². The van der Waals surface area contributed by atoms with Crippen molar-refractivity contribution in [2.45, 2.75) is 25.9 Å². The van der Waals surface area contributed by atoms with Crippen molar-refractivity contribution < 1.29 is 28.6 Å². The highest BCUT2D eigenvalue weighted by Gasteiger charge is 2.64. The van der Waals surface area contributed by atoms with E-state index in [1.165, 1.54) is 0 Å². The Bertz CT molecular complexity index is 745. The fourth-order valence-electron chi connectivity index (χ4n) is 4.60. The van der Waals surface area contributed by atoms with Gasteiger partial charge in [0, 0.05) is 5.92 Å². The second kappa shape index (κ2) is 6.63. The Balaban J connectivity index is 1.34. The van der Waals surface area contributed by atoms with Crippen molar-refractivity contribution in [3.8, 4) is 5.75 Å². The molecule has 1 aliphatic heterocycles. The van der Waals surface area contributed by atoms with E-state index in [1.54, 1.807) is 18.2 Å². The number of hydrogen-bond acceptors (Lipinski definition) is 6. The summed E-state index contributed by atoms with van der Waals surface area (Å²) in [5.74, 6) is -1.27. The molecule has 1 saturated heterocycles. The van der Waals surface area contributed by atoms with E-state index in [9.17, 15) is 14.4 Å². The topological polar surface area (TPSA) is 90.9 Å². The highest BCUT2D eigenvalue weighted by molar-refractivity contribution is 5.94. The Morgan fingerprint density at radius 2 is 2.08 bits per heavy atom. The van der Waals surface area contributed by atoms with Crippen LogP contribution in [0, 0.1) is 23.7 Å². The molecule has 4 rings (SSSR count). The lowest BCUT2D eigenvalue weighted by atomic mass is 9.80. The van der Waals surface area contributed by atoms with E-state index in [0.717, 1.165) is 12.8 Å². The summed E-state index contributed by atoms with van der Waals surface area (Å²) >= 11 is 0. The smallest absolute Gasteiger partial charge is 0.310 e. The number of hydrogen-bond donors (Lipinski definition) is 1. The van der Waals surface area contributed by atoms with Gasteiger partial charge in [-0.1, -0.05) is 12.1 Å². The van der Waals surface area contributed by atoms with Crippen molar-refractivity contribution >= 4 is 23.5 Å². The van der Waals surface area contributed by atoms with Crippen LogP contribution < -0.4 is 10.1 Å². The van der Waals surface area contributed by atoms with Gasteiger partial charge in [0.25, 0.3) is 5.91 Å². The minimum atomic E-state index is -0.479. The molecule has 1 N–H and O–H groups in total. The lowest BCUT2D eigenvalue weighted by Gasteiger charge is -2.22. The summed E-state index contributed by atoms with van der Waals surface area (Å²) in [4.78, 5) is 36.6. The zero-order valence-corrected chi connectivity index (χ0v) is 14.5. The van der Waals surface area contributed by atoms with E-state index in [4.69, 9.17) is 14.2 Å².